The zero-order chi connectivity index (χ0) is 17.7. The van der Waals surface area contributed by atoms with Crippen LogP contribution in [0.2, 0.25) is 0 Å². The minimum Gasteiger partial charge on any atom is -0.493 e. The lowest BCUT2D eigenvalue weighted by Crippen LogP contribution is -2.44. The molecule has 1 aromatic carbocycles. The maximum atomic E-state index is 11.9. The van der Waals surface area contributed by atoms with E-state index in [1.165, 1.54) is 0 Å². The summed E-state index contributed by atoms with van der Waals surface area (Å²) in [5.41, 5.74) is 1.02. The van der Waals surface area contributed by atoms with Crippen molar-refractivity contribution in [3.05, 3.63) is 43.0 Å². The summed E-state index contributed by atoms with van der Waals surface area (Å²) in [4.78, 5) is 4.04. The number of hydrogen-bond donors (Lipinski definition) is 1. The minimum absolute atomic E-state index is 0.0241. The Morgan fingerprint density at radius 3 is 2.68 bits per heavy atom. The van der Waals surface area contributed by atoms with E-state index in [1.807, 2.05) is 35.0 Å². The van der Waals surface area contributed by atoms with Crippen molar-refractivity contribution in [1.82, 2.24) is 14.3 Å². The third kappa shape index (κ3) is 4.83. The van der Waals surface area contributed by atoms with Gasteiger partial charge in [0.05, 0.1) is 18.7 Å². The monoisotopic (exact) mass is 363 g/mol. The third-order valence-corrected chi connectivity index (χ3v) is 6.15. The van der Waals surface area contributed by atoms with Crippen molar-refractivity contribution in [3.8, 4) is 11.4 Å². The van der Waals surface area contributed by atoms with E-state index in [1.54, 1.807) is 19.4 Å². The van der Waals surface area contributed by atoms with E-state index < -0.39 is 10.0 Å². The predicted molar refractivity (Wildman–Crippen MR) is 97.4 cm³/mol. The van der Waals surface area contributed by atoms with Gasteiger partial charge < -0.3 is 9.30 Å². The first kappa shape index (κ1) is 17.9. The highest BCUT2D eigenvalue weighted by atomic mass is 32.2. The standard InChI is InChI=1S/C18H25N3O3S/c1-2-25(22,23)20-18-6-4-3-5-15(18)13-24-17-9-7-16(8-10-17)21-12-11-19-14-21/h7-12,14-15,18,20H,2-6,13H2,1H3. The maximum Gasteiger partial charge on any atom is 0.211 e. The van der Waals surface area contributed by atoms with Crippen LogP contribution in [-0.2, 0) is 10.0 Å². The average Bonchev–Trinajstić information content (AvgIpc) is 3.16. The summed E-state index contributed by atoms with van der Waals surface area (Å²) in [6.45, 7) is 2.19. The molecule has 6 nitrogen and oxygen atoms in total. The summed E-state index contributed by atoms with van der Waals surface area (Å²) in [5.74, 6) is 1.13. The van der Waals surface area contributed by atoms with Crippen molar-refractivity contribution in [2.45, 2.75) is 38.6 Å². The number of imidazole rings is 1. The van der Waals surface area contributed by atoms with Crippen molar-refractivity contribution in [3.63, 3.8) is 0 Å². The Hall–Kier alpha value is -1.86. The van der Waals surface area contributed by atoms with Crippen LogP contribution in [0.4, 0.5) is 0 Å². The van der Waals surface area contributed by atoms with Crippen LogP contribution in [0.1, 0.15) is 32.6 Å². The van der Waals surface area contributed by atoms with E-state index in [2.05, 4.69) is 9.71 Å². The summed E-state index contributed by atoms with van der Waals surface area (Å²) in [6, 6.07) is 7.81. The highest BCUT2D eigenvalue weighted by Gasteiger charge is 2.28. The topological polar surface area (TPSA) is 73.2 Å². The minimum atomic E-state index is -3.18. The van der Waals surface area contributed by atoms with Gasteiger partial charge in [-0.2, -0.15) is 0 Å². The fourth-order valence-electron chi connectivity index (χ4n) is 3.21. The van der Waals surface area contributed by atoms with Gasteiger partial charge in [-0.15, -0.1) is 0 Å². The van der Waals surface area contributed by atoms with Crippen molar-refractivity contribution in [2.24, 2.45) is 5.92 Å². The molecule has 2 unspecified atom stereocenters. The van der Waals surface area contributed by atoms with E-state index >= 15 is 0 Å². The van der Waals surface area contributed by atoms with Gasteiger partial charge in [0.25, 0.3) is 0 Å². The van der Waals surface area contributed by atoms with E-state index in [9.17, 15) is 8.42 Å². The molecule has 1 aliphatic carbocycles. The Bertz CT molecular complexity index is 757. The molecule has 0 saturated heterocycles. The molecule has 1 fully saturated rings. The summed E-state index contributed by atoms with van der Waals surface area (Å²) in [5, 5.41) is 0. The number of ether oxygens (including phenoxy) is 1. The number of sulfonamides is 1. The Labute approximate surface area is 149 Å². The summed E-state index contributed by atoms with van der Waals surface area (Å²) >= 11 is 0. The van der Waals surface area contributed by atoms with Gasteiger partial charge in [0, 0.05) is 30.0 Å². The molecule has 7 heteroatoms. The molecule has 0 amide bonds. The fourth-order valence-corrected chi connectivity index (χ4v) is 4.14. The summed E-state index contributed by atoms with van der Waals surface area (Å²) < 4.78 is 34.5. The first-order chi connectivity index (χ1) is 12.1. The lowest BCUT2D eigenvalue weighted by molar-refractivity contribution is 0.180. The van der Waals surface area contributed by atoms with Crippen LogP contribution in [-0.4, -0.2) is 36.4 Å². The normalized spacial score (nSPS) is 21.2. The van der Waals surface area contributed by atoms with Gasteiger partial charge in [-0.3, -0.25) is 0 Å². The molecule has 136 valence electrons. The largest absolute Gasteiger partial charge is 0.493 e. The van der Waals surface area contributed by atoms with Gasteiger partial charge in [-0.25, -0.2) is 18.1 Å². The van der Waals surface area contributed by atoms with Crippen LogP contribution in [0.25, 0.3) is 5.69 Å². The molecule has 0 radical (unpaired) electrons. The first-order valence-corrected chi connectivity index (χ1v) is 10.4. The van der Waals surface area contributed by atoms with Gasteiger partial charge >= 0.3 is 0 Å². The zero-order valence-electron chi connectivity index (χ0n) is 14.5. The second-order valence-electron chi connectivity index (χ2n) is 6.45. The molecule has 2 atom stereocenters. The smallest absolute Gasteiger partial charge is 0.211 e. The second kappa shape index (κ2) is 8.01. The lowest BCUT2D eigenvalue weighted by atomic mass is 9.86. The van der Waals surface area contributed by atoms with E-state index in [4.69, 9.17) is 4.74 Å². The first-order valence-electron chi connectivity index (χ1n) is 8.78. The number of hydrogen-bond acceptors (Lipinski definition) is 4. The molecular formula is C18H25N3O3S. The number of nitrogens with one attached hydrogen (secondary N) is 1. The Morgan fingerprint density at radius 1 is 1.24 bits per heavy atom. The summed E-state index contributed by atoms with van der Waals surface area (Å²) in [6.07, 6.45) is 9.44. The molecule has 0 spiro atoms. The maximum absolute atomic E-state index is 11.9. The van der Waals surface area contributed by atoms with Crippen LogP contribution < -0.4 is 9.46 Å². The molecule has 2 aromatic rings. The number of rotatable bonds is 7. The Kier molecular flexibility index (Phi) is 5.75. The molecule has 1 heterocycles. The molecule has 3 rings (SSSR count). The van der Waals surface area contributed by atoms with E-state index in [-0.39, 0.29) is 17.7 Å². The van der Waals surface area contributed by atoms with Crippen LogP contribution in [0.3, 0.4) is 0 Å². The van der Waals surface area contributed by atoms with Gasteiger partial charge in [-0.05, 0) is 44.0 Å². The SMILES string of the molecule is CCS(=O)(=O)NC1CCCCC1COc1ccc(-n2ccnc2)cc1. The Balaban J connectivity index is 1.59. The molecule has 1 saturated carbocycles. The van der Waals surface area contributed by atoms with Crippen molar-refractivity contribution < 1.29 is 13.2 Å². The number of nitrogens with zero attached hydrogens (tertiary/aromatic N) is 2. The molecule has 25 heavy (non-hydrogen) atoms. The van der Waals surface area contributed by atoms with Crippen molar-refractivity contribution in [1.29, 1.82) is 0 Å². The molecular weight excluding hydrogens is 338 g/mol. The fraction of sp³-hybridized carbons (Fsp3) is 0.500. The second-order valence-corrected chi connectivity index (χ2v) is 8.49. The van der Waals surface area contributed by atoms with Gasteiger partial charge in [-0.1, -0.05) is 12.8 Å². The highest BCUT2D eigenvalue weighted by Crippen LogP contribution is 2.26. The van der Waals surface area contributed by atoms with Crippen LogP contribution >= 0.6 is 0 Å². The molecule has 1 aromatic heterocycles. The molecule has 0 aliphatic heterocycles. The van der Waals surface area contributed by atoms with Crippen LogP contribution in [0.5, 0.6) is 5.75 Å². The molecule has 1 N–H and O–H groups in total. The third-order valence-electron chi connectivity index (χ3n) is 4.72. The summed E-state index contributed by atoms with van der Waals surface area (Å²) in [7, 11) is -3.18. The van der Waals surface area contributed by atoms with E-state index in [0.29, 0.717) is 6.61 Å². The lowest BCUT2D eigenvalue weighted by Gasteiger charge is -2.31. The van der Waals surface area contributed by atoms with Gasteiger partial charge in [0.1, 0.15) is 5.75 Å². The van der Waals surface area contributed by atoms with Crippen molar-refractivity contribution in [2.75, 3.05) is 12.4 Å². The predicted octanol–water partition coefficient (Wildman–Crippen LogP) is 2.75. The highest BCUT2D eigenvalue weighted by molar-refractivity contribution is 7.89. The average molecular weight is 363 g/mol. The van der Waals surface area contributed by atoms with Gasteiger partial charge in [0.2, 0.25) is 10.0 Å². The zero-order valence-corrected chi connectivity index (χ0v) is 15.3. The number of aromatic nitrogens is 2. The Morgan fingerprint density at radius 2 is 2.00 bits per heavy atom. The molecule has 1 aliphatic rings. The van der Waals surface area contributed by atoms with Crippen LogP contribution in [0.15, 0.2) is 43.0 Å². The van der Waals surface area contributed by atoms with Gasteiger partial charge in [0.15, 0.2) is 0 Å². The van der Waals surface area contributed by atoms with Crippen LogP contribution in [0, 0.1) is 5.92 Å². The van der Waals surface area contributed by atoms with Crippen molar-refractivity contribution >= 4 is 10.0 Å². The number of benzene rings is 1. The van der Waals surface area contributed by atoms with E-state index in [0.717, 1.165) is 37.1 Å². The quantitative estimate of drug-likeness (QED) is 0.821. The molecule has 0 bridgehead atoms.